The number of ether oxygens (including phenoxy) is 3. The van der Waals surface area contributed by atoms with Crippen molar-refractivity contribution in [3.63, 3.8) is 0 Å². The minimum absolute atomic E-state index is 0.304. The molecule has 0 radical (unpaired) electrons. The summed E-state index contributed by atoms with van der Waals surface area (Å²) in [5, 5.41) is 28.3. The predicted octanol–water partition coefficient (Wildman–Crippen LogP) is 2.73. The maximum atomic E-state index is 12.4. The fourth-order valence-corrected chi connectivity index (χ4v) is 2.21. The van der Waals surface area contributed by atoms with Crippen LogP contribution in [0.5, 0.6) is 34.5 Å². The molecule has 0 spiro atoms. The van der Waals surface area contributed by atoms with E-state index in [9.17, 15) is 20.1 Å². The Labute approximate surface area is 144 Å². The van der Waals surface area contributed by atoms with Gasteiger partial charge in [0, 0.05) is 5.56 Å². The van der Waals surface area contributed by atoms with Crippen molar-refractivity contribution >= 4 is 11.9 Å². The molecule has 0 aliphatic rings. The average Bonchev–Trinajstić information content (AvgIpc) is 2.62. The molecular weight excluding hydrogens is 328 g/mol. The summed E-state index contributed by atoms with van der Waals surface area (Å²) in [6.07, 6.45) is 2.65. The van der Waals surface area contributed by atoms with E-state index in [4.69, 9.17) is 14.2 Å². The number of benzene rings is 2. The third-order valence-electron chi connectivity index (χ3n) is 3.47. The second kappa shape index (κ2) is 7.48. The lowest BCUT2D eigenvalue weighted by molar-refractivity contribution is 0.104. The molecule has 0 amide bonds. The van der Waals surface area contributed by atoms with Crippen LogP contribution in [-0.4, -0.2) is 42.4 Å². The van der Waals surface area contributed by atoms with Crippen molar-refractivity contribution in [1.82, 2.24) is 0 Å². The van der Waals surface area contributed by atoms with Gasteiger partial charge >= 0.3 is 0 Å². The zero-order valence-electron chi connectivity index (χ0n) is 13.9. The summed E-state index contributed by atoms with van der Waals surface area (Å²) >= 11 is 0. The Kier molecular flexibility index (Phi) is 5.38. The molecule has 0 unspecified atom stereocenters. The normalized spacial score (nSPS) is 10.7. The Bertz CT molecular complexity index is 776. The highest BCUT2D eigenvalue weighted by Gasteiger charge is 2.16. The molecule has 0 heterocycles. The molecule has 25 heavy (non-hydrogen) atoms. The molecule has 0 aromatic heterocycles. The van der Waals surface area contributed by atoms with Crippen LogP contribution in [0.3, 0.4) is 0 Å². The van der Waals surface area contributed by atoms with Gasteiger partial charge in [0.25, 0.3) is 0 Å². The van der Waals surface area contributed by atoms with Gasteiger partial charge in [0.2, 0.25) is 5.75 Å². The molecule has 0 saturated carbocycles. The number of ketones is 1. The first kappa shape index (κ1) is 18.0. The van der Waals surface area contributed by atoms with E-state index >= 15 is 0 Å². The standard InChI is InChI=1S/C18H18O7/c1-23-15-8-11(9-16(24-2)18(15)25-3)12(19)5-4-10-6-13(20)17(22)14(21)7-10/h4-9,20-22H,1-3H3/b5-4+. The number of allylic oxidation sites excluding steroid dienone is 1. The SMILES string of the molecule is COc1cc(C(=O)/C=C/c2cc(O)c(O)c(O)c2)cc(OC)c1OC. The molecule has 0 fully saturated rings. The molecular formula is C18H18O7. The summed E-state index contributed by atoms with van der Waals surface area (Å²) in [5.74, 6) is -0.880. The second-order valence-corrected chi connectivity index (χ2v) is 5.02. The quantitative estimate of drug-likeness (QED) is 0.419. The van der Waals surface area contributed by atoms with E-state index in [0.29, 0.717) is 28.4 Å². The van der Waals surface area contributed by atoms with Crippen LogP contribution in [-0.2, 0) is 0 Å². The van der Waals surface area contributed by atoms with Crippen LogP contribution in [0, 0.1) is 0 Å². The van der Waals surface area contributed by atoms with Crippen molar-refractivity contribution in [1.29, 1.82) is 0 Å². The van der Waals surface area contributed by atoms with Gasteiger partial charge in [-0.15, -0.1) is 0 Å². The van der Waals surface area contributed by atoms with Crippen LogP contribution in [0.25, 0.3) is 6.08 Å². The van der Waals surface area contributed by atoms with E-state index in [1.807, 2.05) is 0 Å². The van der Waals surface area contributed by atoms with Gasteiger partial charge < -0.3 is 29.5 Å². The van der Waals surface area contributed by atoms with Crippen LogP contribution in [0.1, 0.15) is 15.9 Å². The van der Waals surface area contributed by atoms with E-state index in [1.165, 1.54) is 57.7 Å². The molecule has 3 N–H and O–H groups in total. The minimum Gasteiger partial charge on any atom is -0.504 e. The number of rotatable bonds is 6. The molecule has 132 valence electrons. The topological polar surface area (TPSA) is 105 Å². The molecule has 0 atom stereocenters. The van der Waals surface area contributed by atoms with Gasteiger partial charge in [0.1, 0.15) is 0 Å². The van der Waals surface area contributed by atoms with Crippen LogP contribution in [0.2, 0.25) is 0 Å². The molecule has 0 aliphatic carbocycles. The van der Waals surface area contributed by atoms with E-state index in [1.54, 1.807) is 0 Å². The maximum absolute atomic E-state index is 12.4. The number of carbonyl (C=O) groups is 1. The number of methoxy groups -OCH3 is 3. The predicted molar refractivity (Wildman–Crippen MR) is 90.9 cm³/mol. The van der Waals surface area contributed by atoms with Gasteiger partial charge in [0.15, 0.2) is 34.5 Å². The molecule has 0 saturated heterocycles. The smallest absolute Gasteiger partial charge is 0.203 e. The van der Waals surface area contributed by atoms with Gasteiger partial charge in [-0.05, 0) is 35.9 Å². The number of hydrogen-bond donors (Lipinski definition) is 3. The lowest BCUT2D eigenvalue weighted by Crippen LogP contribution is -2.00. The van der Waals surface area contributed by atoms with Gasteiger partial charge in [-0.2, -0.15) is 0 Å². The molecule has 0 aliphatic heterocycles. The third-order valence-corrected chi connectivity index (χ3v) is 3.47. The molecule has 2 aromatic rings. The van der Waals surface area contributed by atoms with E-state index < -0.39 is 17.2 Å². The molecule has 7 heteroatoms. The van der Waals surface area contributed by atoms with Crippen molar-refractivity contribution in [2.75, 3.05) is 21.3 Å². The zero-order valence-corrected chi connectivity index (χ0v) is 13.9. The van der Waals surface area contributed by atoms with Gasteiger partial charge in [-0.3, -0.25) is 4.79 Å². The Hall–Kier alpha value is -3.35. The lowest BCUT2D eigenvalue weighted by Gasteiger charge is -2.13. The Morgan fingerprint density at radius 2 is 1.40 bits per heavy atom. The Morgan fingerprint density at radius 3 is 1.84 bits per heavy atom. The van der Waals surface area contributed by atoms with Crippen LogP contribution >= 0.6 is 0 Å². The number of hydrogen-bond acceptors (Lipinski definition) is 7. The molecule has 2 aromatic carbocycles. The highest BCUT2D eigenvalue weighted by atomic mass is 16.5. The van der Waals surface area contributed by atoms with E-state index in [0.717, 1.165) is 0 Å². The summed E-state index contributed by atoms with van der Waals surface area (Å²) in [7, 11) is 4.36. The highest BCUT2D eigenvalue weighted by molar-refractivity contribution is 6.07. The largest absolute Gasteiger partial charge is 0.504 e. The van der Waals surface area contributed by atoms with E-state index in [2.05, 4.69) is 0 Å². The maximum Gasteiger partial charge on any atom is 0.203 e. The van der Waals surface area contributed by atoms with Crippen molar-refractivity contribution in [3.05, 3.63) is 41.5 Å². The highest BCUT2D eigenvalue weighted by Crippen LogP contribution is 2.38. The van der Waals surface area contributed by atoms with Crippen molar-refractivity contribution in [2.24, 2.45) is 0 Å². The van der Waals surface area contributed by atoms with Gasteiger partial charge in [-0.25, -0.2) is 0 Å². The Balaban J connectivity index is 2.35. The number of phenolic OH excluding ortho intramolecular Hbond substituents is 3. The summed E-state index contributed by atoms with van der Waals surface area (Å²) in [4.78, 5) is 12.4. The van der Waals surface area contributed by atoms with Crippen molar-refractivity contribution in [2.45, 2.75) is 0 Å². The molecule has 7 nitrogen and oxygen atoms in total. The monoisotopic (exact) mass is 346 g/mol. The molecule has 0 bridgehead atoms. The Morgan fingerprint density at radius 1 is 0.880 bits per heavy atom. The van der Waals surface area contributed by atoms with Gasteiger partial charge in [-0.1, -0.05) is 6.08 Å². The first-order valence-corrected chi connectivity index (χ1v) is 7.18. The van der Waals surface area contributed by atoms with Crippen LogP contribution in [0.4, 0.5) is 0 Å². The first-order chi connectivity index (χ1) is 11.9. The second-order valence-electron chi connectivity index (χ2n) is 5.02. The third kappa shape index (κ3) is 3.77. The summed E-state index contributed by atoms with van der Waals surface area (Å²) in [6, 6.07) is 5.46. The van der Waals surface area contributed by atoms with Crippen molar-refractivity contribution < 1.29 is 34.3 Å². The molecule has 2 rings (SSSR count). The summed E-state index contributed by atoms with van der Waals surface area (Å²) < 4.78 is 15.6. The number of aromatic hydroxyl groups is 3. The first-order valence-electron chi connectivity index (χ1n) is 7.18. The number of carbonyl (C=O) groups excluding carboxylic acids is 1. The number of phenols is 3. The van der Waals surface area contributed by atoms with Crippen LogP contribution < -0.4 is 14.2 Å². The van der Waals surface area contributed by atoms with Crippen LogP contribution in [0.15, 0.2) is 30.3 Å². The minimum atomic E-state index is -0.617. The summed E-state index contributed by atoms with van der Waals surface area (Å²) in [5.41, 5.74) is 0.645. The van der Waals surface area contributed by atoms with E-state index in [-0.39, 0.29) is 5.78 Å². The van der Waals surface area contributed by atoms with Crippen molar-refractivity contribution in [3.8, 4) is 34.5 Å². The lowest BCUT2D eigenvalue weighted by atomic mass is 10.1. The average molecular weight is 346 g/mol. The fraction of sp³-hybridized carbons (Fsp3) is 0.167. The summed E-state index contributed by atoms with van der Waals surface area (Å²) in [6.45, 7) is 0. The zero-order chi connectivity index (χ0) is 18.6. The fourth-order valence-electron chi connectivity index (χ4n) is 2.21. The van der Waals surface area contributed by atoms with Gasteiger partial charge in [0.05, 0.1) is 21.3 Å².